The van der Waals surface area contributed by atoms with Crippen molar-refractivity contribution < 1.29 is 13.5 Å². The summed E-state index contributed by atoms with van der Waals surface area (Å²) < 4.78 is 23.5. The third-order valence-electron chi connectivity index (χ3n) is 2.19. The standard InChI is InChI=1S/C11H12FN3O2/c1-13-6-10-14-15-11(17-10)7-3-4-8(12)9(5-7)16-2/h3-5,13H,6H2,1-2H3. The number of hydrogen-bond donors (Lipinski definition) is 1. The zero-order valence-corrected chi connectivity index (χ0v) is 9.53. The van der Waals surface area contributed by atoms with Gasteiger partial charge in [-0.3, -0.25) is 0 Å². The second kappa shape index (κ2) is 4.92. The lowest BCUT2D eigenvalue weighted by Gasteiger charge is -2.02. The smallest absolute Gasteiger partial charge is 0.247 e. The van der Waals surface area contributed by atoms with Crippen LogP contribution in [0.1, 0.15) is 5.89 Å². The first kappa shape index (κ1) is 11.5. The molecule has 0 fully saturated rings. The predicted molar refractivity (Wildman–Crippen MR) is 59.0 cm³/mol. The van der Waals surface area contributed by atoms with Crippen LogP contribution in [0.15, 0.2) is 22.6 Å². The quantitative estimate of drug-likeness (QED) is 0.875. The van der Waals surface area contributed by atoms with E-state index in [9.17, 15) is 4.39 Å². The highest BCUT2D eigenvalue weighted by atomic mass is 19.1. The molecule has 0 aliphatic carbocycles. The Kier molecular flexibility index (Phi) is 3.34. The highest BCUT2D eigenvalue weighted by Crippen LogP contribution is 2.25. The molecule has 0 atom stereocenters. The molecule has 5 nitrogen and oxygen atoms in total. The van der Waals surface area contributed by atoms with Crippen LogP contribution in [0.25, 0.3) is 11.5 Å². The van der Waals surface area contributed by atoms with Gasteiger partial charge >= 0.3 is 0 Å². The molecule has 0 aliphatic heterocycles. The molecule has 0 saturated carbocycles. The molecule has 0 bridgehead atoms. The maximum Gasteiger partial charge on any atom is 0.247 e. The van der Waals surface area contributed by atoms with Crippen LogP contribution in [-0.2, 0) is 6.54 Å². The summed E-state index contributed by atoms with van der Waals surface area (Å²) in [6.45, 7) is 0.491. The van der Waals surface area contributed by atoms with Gasteiger partial charge in [-0.2, -0.15) is 0 Å². The van der Waals surface area contributed by atoms with Crippen LogP contribution >= 0.6 is 0 Å². The molecule has 2 rings (SSSR count). The minimum Gasteiger partial charge on any atom is -0.494 e. The molecule has 90 valence electrons. The zero-order valence-electron chi connectivity index (χ0n) is 9.53. The first-order chi connectivity index (χ1) is 8.24. The van der Waals surface area contributed by atoms with Gasteiger partial charge in [-0.1, -0.05) is 0 Å². The summed E-state index contributed by atoms with van der Waals surface area (Å²) in [5.41, 5.74) is 0.623. The maximum atomic E-state index is 13.2. The molecule has 0 aliphatic rings. The lowest BCUT2D eigenvalue weighted by molar-refractivity contribution is 0.386. The van der Waals surface area contributed by atoms with E-state index in [0.29, 0.717) is 23.9 Å². The Balaban J connectivity index is 2.32. The molecule has 0 amide bonds. The minimum absolute atomic E-state index is 0.149. The third kappa shape index (κ3) is 2.42. The van der Waals surface area contributed by atoms with E-state index in [1.807, 2.05) is 0 Å². The van der Waals surface area contributed by atoms with Crippen LogP contribution in [0, 0.1) is 5.82 Å². The van der Waals surface area contributed by atoms with Crippen LogP contribution in [0.3, 0.4) is 0 Å². The van der Waals surface area contributed by atoms with Crippen LogP contribution in [0.5, 0.6) is 5.75 Å². The van der Waals surface area contributed by atoms with Crippen molar-refractivity contribution in [3.63, 3.8) is 0 Å². The van der Waals surface area contributed by atoms with Gasteiger partial charge in [0, 0.05) is 5.56 Å². The topological polar surface area (TPSA) is 60.2 Å². The Hall–Kier alpha value is -1.95. The lowest BCUT2D eigenvalue weighted by atomic mass is 10.2. The van der Waals surface area contributed by atoms with Crippen molar-refractivity contribution in [2.24, 2.45) is 0 Å². The predicted octanol–water partition coefficient (Wildman–Crippen LogP) is 1.60. The van der Waals surface area contributed by atoms with Crippen molar-refractivity contribution in [3.05, 3.63) is 29.9 Å². The number of aromatic nitrogens is 2. The van der Waals surface area contributed by atoms with Crippen molar-refractivity contribution in [1.29, 1.82) is 0 Å². The summed E-state index contributed by atoms with van der Waals surface area (Å²) in [5, 5.41) is 10.6. The molecule has 1 aromatic heterocycles. The normalized spacial score (nSPS) is 10.5. The van der Waals surface area contributed by atoms with E-state index in [1.54, 1.807) is 13.1 Å². The van der Waals surface area contributed by atoms with E-state index in [2.05, 4.69) is 15.5 Å². The minimum atomic E-state index is -0.425. The van der Waals surface area contributed by atoms with Gasteiger partial charge in [-0.15, -0.1) is 10.2 Å². The van der Waals surface area contributed by atoms with Gasteiger partial charge in [-0.25, -0.2) is 4.39 Å². The fraction of sp³-hybridized carbons (Fsp3) is 0.273. The first-order valence-corrected chi connectivity index (χ1v) is 5.05. The number of benzene rings is 1. The second-order valence-electron chi connectivity index (χ2n) is 3.38. The number of nitrogens with one attached hydrogen (secondary N) is 1. The number of ether oxygens (including phenoxy) is 1. The average Bonchev–Trinajstić information content (AvgIpc) is 2.79. The van der Waals surface area contributed by atoms with E-state index in [4.69, 9.17) is 9.15 Å². The van der Waals surface area contributed by atoms with E-state index in [0.717, 1.165) is 0 Å². The average molecular weight is 237 g/mol. The van der Waals surface area contributed by atoms with Crippen LogP contribution in [0.4, 0.5) is 4.39 Å². The molecule has 6 heteroatoms. The molecule has 2 aromatic rings. The van der Waals surface area contributed by atoms with Gasteiger partial charge < -0.3 is 14.5 Å². The second-order valence-corrected chi connectivity index (χ2v) is 3.38. The van der Waals surface area contributed by atoms with E-state index < -0.39 is 5.82 Å². The molecule has 17 heavy (non-hydrogen) atoms. The van der Waals surface area contributed by atoms with Gasteiger partial charge in [0.15, 0.2) is 11.6 Å². The number of nitrogens with zero attached hydrogens (tertiary/aromatic N) is 2. The van der Waals surface area contributed by atoms with Crippen LogP contribution in [0.2, 0.25) is 0 Å². The van der Waals surface area contributed by atoms with Crippen molar-refractivity contribution in [2.45, 2.75) is 6.54 Å². The summed E-state index contributed by atoms with van der Waals surface area (Å²) in [6.07, 6.45) is 0. The summed E-state index contributed by atoms with van der Waals surface area (Å²) >= 11 is 0. The highest BCUT2D eigenvalue weighted by Gasteiger charge is 2.11. The SMILES string of the molecule is CNCc1nnc(-c2ccc(F)c(OC)c2)o1. The van der Waals surface area contributed by atoms with Gasteiger partial charge in [0.25, 0.3) is 0 Å². The fourth-order valence-corrected chi connectivity index (χ4v) is 1.39. The van der Waals surface area contributed by atoms with Gasteiger partial charge in [-0.05, 0) is 25.2 Å². The summed E-state index contributed by atoms with van der Waals surface area (Å²) in [6, 6.07) is 4.39. The molecule has 0 radical (unpaired) electrons. The summed E-state index contributed by atoms with van der Waals surface area (Å²) in [7, 11) is 3.19. The fourth-order valence-electron chi connectivity index (χ4n) is 1.39. The Morgan fingerprint density at radius 3 is 2.94 bits per heavy atom. The van der Waals surface area contributed by atoms with Gasteiger partial charge in [0.2, 0.25) is 11.8 Å². The Bertz CT molecular complexity index is 513. The maximum absolute atomic E-state index is 13.2. The van der Waals surface area contributed by atoms with Gasteiger partial charge in [0.1, 0.15) is 0 Å². The van der Waals surface area contributed by atoms with E-state index >= 15 is 0 Å². The molecule has 1 heterocycles. The summed E-state index contributed by atoms with van der Waals surface area (Å²) in [4.78, 5) is 0. The molecule has 0 spiro atoms. The molecule has 0 saturated heterocycles. The number of halogens is 1. The first-order valence-electron chi connectivity index (χ1n) is 5.05. The van der Waals surface area contributed by atoms with Crippen molar-refractivity contribution >= 4 is 0 Å². The molecule has 0 unspecified atom stereocenters. The molecule has 1 N–H and O–H groups in total. The van der Waals surface area contributed by atoms with Crippen molar-refractivity contribution in [1.82, 2.24) is 15.5 Å². The highest BCUT2D eigenvalue weighted by molar-refractivity contribution is 5.55. The number of methoxy groups -OCH3 is 1. The van der Waals surface area contributed by atoms with Gasteiger partial charge in [0.05, 0.1) is 13.7 Å². The van der Waals surface area contributed by atoms with Crippen LogP contribution < -0.4 is 10.1 Å². The van der Waals surface area contributed by atoms with Crippen LogP contribution in [-0.4, -0.2) is 24.4 Å². The van der Waals surface area contributed by atoms with E-state index in [-0.39, 0.29) is 5.75 Å². The molecule has 1 aromatic carbocycles. The molecular weight excluding hydrogens is 225 g/mol. The number of hydrogen-bond acceptors (Lipinski definition) is 5. The Morgan fingerprint density at radius 1 is 1.41 bits per heavy atom. The van der Waals surface area contributed by atoms with Crippen molar-refractivity contribution in [2.75, 3.05) is 14.2 Å². The van der Waals surface area contributed by atoms with Crippen molar-refractivity contribution in [3.8, 4) is 17.2 Å². The van der Waals surface area contributed by atoms with E-state index in [1.165, 1.54) is 19.2 Å². The Labute approximate surface area is 97.6 Å². The monoisotopic (exact) mass is 237 g/mol. The largest absolute Gasteiger partial charge is 0.494 e. The summed E-state index contributed by atoms with van der Waals surface area (Å²) in [5.74, 6) is 0.543. The lowest BCUT2D eigenvalue weighted by Crippen LogP contribution is -2.04. The molecular formula is C11H12FN3O2. The zero-order chi connectivity index (χ0) is 12.3. The Morgan fingerprint density at radius 2 is 2.24 bits per heavy atom. The third-order valence-corrected chi connectivity index (χ3v) is 2.19. The number of rotatable bonds is 4.